The Bertz CT molecular complexity index is 281. The predicted molar refractivity (Wildman–Crippen MR) is 57.0 cm³/mol. The molecule has 1 aliphatic carbocycles. The lowest BCUT2D eigenvalue weighted by Crippen LogP contribution is -2.19. The van der Waals surface area contributed by atoms with Gasteiger partial charge >= 0.3 is 0 Å². The van der Waals surface area contributed by atoms with Crippen LogP contribution in [0.5, 0.6) is 5.75 Å². The number of ether oxygens (including phenoxy) is 1. The maximum absolute atomic E-state index is 5.66. The second-order valence-electron chi connectivity index (χ2n) is 3.57. The van der Waals surface area contributed by atoms with Crippen LogP contribution in [0.25, 0.3) is 0 Å². The summed E-state index contributed by atoms with van der Waals surface area (Å²) in [7, 11) is 0. The lowest BCUT2D eigenvalue weighted by Gasteiger charge is -2.25. The Morgan fingerprint density at radius 3 is 2.85 bits per heavy atom. The molecule has 0 aliphatic heterocycles. The number of benzene rings is 1. The average molecular weight is 241 g/mol. The first kappa shape index (κ1) is 9.07. The Kier molecular flexibility index (Phi) is 2.89. The second-order valence-corrected chi connectivity index (χ2v) is 4.48. The summed E-state index contributed by atoms with van der Waals surface area (Å²) in [6, 6.07) is 8.03. The van der Waals surface area contributed by atoms with Crippen LogP contribution in [-0.4, -0.2) is 6.61 Å². The van der Waals surface area contributed by atoms with Crippen molar-refractivity contribution in [2.45, 2.75) is 19.3 Å². The van der Waals surface area contributed by atoms with Gasteiger partial charge in [-0.3, -0.25) is 0 Å². The molecule has 1 fully saturated rings. The monoisotopic (exact) mass is 240 g/mol. The van der Waals surface area contributed by atoms with Gasteiger partial charge in [0.05, 0.1) is 6.61 Å². The Balaban J connectivity index is 1.86. The van der Waals surface area contributed by atoms with Crippen LogP contribution in [-0.2, 0) is 0 Å². The van der Waals surface area contributed by atoms with Gasteiger partial charge in [0.1, 0.15) is 5.75 Å². The van der Waals surface area contributed by atoms with E-state index in [0.29, 0.717) is 0 Å². The van der Waals surface area contributed by atoms with Crippen LogP contribution in [0.4, 0.5) is 0 Å². The molecule has 0 aromatic heterocycles. The molecule has 1 aromatic rings. The molecular weight excluding hydrogens is 228 g/mol. The molecule has 1 saturated carbocycles. The number of hydrogen-bond donors (Lipinski definition) is 0. The molecule has 2 rings (SSSR count). The van der Waals surface area contributed by atoms with Gasteiger partial charge < -0.3 is 4.74 Å². The first-order chi connectivity index (χ1) is 6.34. The number of halogens is 1. The van der Waals surface area contributed by atoms with Crippen LogP contribution < -0.4 is 4.74 Å². The molecule has 0 heterocycles. The zero-order valence-electron chi connectivity index (χ0n) is 7.50. The standard InChI is InChI=1S/C11H13BrO/c12-10-5-2-6-11(7-10)13-8-9-3-1-4-9/h2,5-7,9H,1,3-4,8H2. The zero-order valence-corrected chi connectivity index (χ0v) is 9.09. The molecule has 1 aromatic carbocycles. The third-order valence-corrected chi connectivity index (χ3v) is 3.00. The molecule has 0 atom stereocenters. The molecule has 2 heteroatoms. The van der Waals surface area contributed by atoms with E-state index in [-0.39, 0.29) is 0 Å². The lowest BCUT2D eigenvalue weighted by atomic mass is 9.86. The fraction of sp³-hybridized carbons (Fsp3) is 0.455. The number of hydrogen-bond acceptors (Lipinski definition) is 1. The van der Waals surface area contributed by atoms with Crippen LogP contribution in [0, 0.1) is 5.92 Å². The molecule has 1 aliphatic rings. The van der Waals surface area contributed by atoms with E-state index in [0.717, 1.165) is 22.7 Å². The molecule has 0 bridgehead atoms. The highest BCUT2D eigenvalue weighted by atomic mass is 79.9. The summed E-state index contributed by atoms with van der Waals surface area (Å²) >= 11 is 3.42. The molecule has 0 spiro atoms. The first-order valence-corrected chi connectivity index (χ1v) is 5.52. The minimum Gasteiger partial charge on any atom is -0.493 e. The summed E-state index contributed by atoms with van der Waals surface area (Å²) in [5.74, 6) is 1.78. The third-order valence-electron chi connectivity index (χ3n) is 2.51. The maximum atomic E-state index is 5.66. The van der Waals surface area contributed by atoms with Crippen LogP contribution in [0.2, 0.25) is 0 Å². The van der Waals surface area contributed by atoms with Gasteiger partial charge in [-0.25, -0.2) is 0 Å². The van der Waals surface area contributed by atoms with Gasteiger partial charge in [-0.2, -0.15) is 0 Å². The van der Waals surface area contributed by atoms with E-state index in [4.69, 9.17) is 4.74 Å². The molecule has 1 nitrogen and oxygen atoms in total. The van der Waals surface area contributed by atoms with Crippen LogP contribution in [0.1, 0.15) is 19.3 Å². The zero-order chi connectivity index (χ0) is 9.10. The lowest BCUT2D eigenvalue weighted by molar-refractivity contribution is 0.180. The predicted octanol–water partition coefficient (Wildman–Crippen LogP) is 3.63. The summed E-state index contributed by atoms with van der Waals surface area (Å²) in [6.45, 7) is 0.885. The Morgan fingerprint density at radius 2 is 2.23 bits per heavy atom. The second kappa shape index (κ2) is 4.14. The molecule has 0 amide bonds. The first-order valence-electron chi connectivity index (χ1n) is 4.73. The van der Waals surface area contributed by atoms with Crippen molar-refractivity contribution in [1.82, 2.24) is 0 Å². The summed E-state index contributed by atoms with van der Waals surface area (Å²) in [4.78, 5) is 0. The summed E-state index contributed by atoms with van der Waals surface area (Å²) in [6.07, 6.45) is 4.06. The van der Waals surface area contributed by atoms with Gasteiger partial charge in [0, 0.05) is 4.47 Å². The normalized spacial score (nSPS) is 16.7. The van der Waals surface area contributed by atoms with Crippen LogP contribution in [0.3, 0.4) is 0 Å². The van der Waals surface area contributed by atoms with Crippen molar-refractivity contribution >= 4 is 15.9 Å². The van der Waals surface area contributed by atoms with Crippen LogP contribution in [0.15, 0.2) is 28.7 Å². The van der Waals surface area contributed by atoms with Crippen molar-refractivity contribution in [3.8, 4) is 5.75 Å². The summed E-state index contributed by atoms with van der Waals surface area (Å²) in [5.41, 5.74) is 0. The topological polar surface area (TPSA) is 9.23 Å². The Labute approximate surface area is 87.2 Å². The average Bonchev–Trinajstić information content (AvgIpc) is 2.01. The minimum atomic E-state index is 0.805. The summed E-state index contributed by atoms with van der Waals surface area (Å²) < 4.78 is 6.74. The van der Waals surface area contributed by atoms with Gasteiger partial charge in [-0.1, -0.05) is 28.4 Å². The Hall–Kier alpha value is -0.500. The quantitative estimate of drug-likeness (QED) is 0.785. The molecule has 0 radical (unpaired) electrons. The van der Waals surface area contributed by atoms with Crippen molar-refractivity contribution < 1.29 is 4.74 Å². The van der Waals surface area contributed by atoms with E-state index in [1.54, 1.807) is 0 Å². The highest BCUT2D eigenvalue weighted by Gasteiger charge is 2.17. The molecule has 13 heavy (non-hydrogen) atoms. The van der Waals surface area contributed by atoms with E-state index in [1.807, 2.05) is 24.3 Å². The van der Waals surface area contributed by atoms with Gasteiger partial charge in [0.25, 0.3) is 0 Å². The molecular formula is C11H13BrO. The van der Waals surface area contributed by atoms with E-state index in [9.17, 15) is 0 Å². The largest absolute Gasteiger partial charge is 0.493 e. The van der Waals surface area contributed by atoms with E-state index in [1.165, 1.54) is 19.3 Å². The fourth-order valence-corrected chi connectivity index (χ4v) is 1.81. The Morgan fingerprint density at radius 1 is 1.38 bits per heavy atom. The van der Waals surface area contributed by atoms with E-state index < -0.39 is 0 Å². The minimum absolute atomic E-state index is 0.805. The van der Waals surface area contributed by atoms with Gasteiger partial charge in [-0.15, -0.1) is 0 Å². The fourth-order valence-electron chi connectivity index (χ4n) is 1.43. The van der Waals surface area contributed by atoms with Crippen molar-refractivity contribution in [3.05, 3.63) is 28.7 Å². The van der Waals surface area contributed by atoms with E-state index in [2.05, 4.69) is 15.9 Å². The smallest absolute Gasteiger partial charge is 0.120 e. The number of rotatable bonds is 3. The SMILES string of the molecule is Brc1cccc(OCC2CCC2)c1. The highest BCUT2D eigenvalue weighted by Crippen LogP contribution is 2.27. The van der Waals surface area contributed by atoms with Gasteiger partial charge in [0.2, 0.25) is 0 Å². The van der Waals surface area contributed by atoms with Crippen LogP contribution >= 0.6 is 15.9 Å². The summed E-state index contributed by atoms with van der Waals surface area (Å²) in [5, 5.41) is 0. The van der Waals surface area contributed by atoms with Crippen molar-refractivity contribution in [2.24, 2.45) is 5.92 Å². The highest BCUT2D eigenvalue weighted by molar-refractivity contribution is 9.10. The molecule has 70 valence electrons. The van der Waals surface area contributed by atoms with Crippen molar-refractivity contribution in [2.75, 3.05) is 6.61 Å². The third kappa shape index (κ3) is 2.47. The molecule has 0 unspecified atom stereocenters. The molecule has 0 N–H and O–H groups in total. The van der Waals surface area contributed by atoms with Gasteiger partial charge in [0.15, 0.2) is 0 Å². The van der Waals surface area contributed by atoms with Crippen molar-refractivity contribution in [3.63, 3.8) is 0 Å². The molecule has 0 saturated heterocycles. The van der Waals surface area contributed by atoms with Gasteiger partial charge in [-0.05, 0) is 37.0 Å². The van der Waals surface area contributed by atoms with E-state index >= 15 is 0 Å². The van der Waals surface area contributed by atoms with Crippen molar-refractivity contribution in [1.29, 1.82) is 0 Å². The maximum Gasteiger partial charge on any atom is 0.120 e.